The number of nitrogens with one attached hydrogen (secondary N) is 1. The average molecular weight is 773 g/mol. The summed E-state index contributed by atoms with van der Waals surface area (Å²) < 4.78 is 29.9. The highest BCUT2D eigenvalue weighted by molar-refractivity contribution is 7.91. The van der Waals surface area contributed by atoms with E-state index in [2.05, 4.69) is 61.1 Å². The first-order chi connectivity index (χ1) is 26.1. The van der Waals surface area contributed by atoms with Crippen molar-refractivity contribution in [3.63, 3.8) is 0 Å². The molecule has 4 saturated carbocycles. The molecule has 55 heavy (non-hydrogen) atoms. The Bertz CT molecular complexity index is 1870. The van der Waals surface area contributed by atoms with Gasteiger partial charge in [-0.3, -0.25) is 4.79 Å². The van der Waals surface area contributed by atoms with Crippen LogP contribution >= 0.6 is 0 Å². The zero-order chi connectivity index (χ0) is 38.9. The number of carboxylic acids is 1. The molecule has 0 radical (unpaired) electrons. The van der Waals surface area contributed by atoms with E-state index in [1.165, 1.54) is 75.1 Å². The van der Waals surface area contributed by atoms with E-state index in [0.29, 0.717) is 66.1 Å². The van der Waals surface area contributed by atoms with Gasteiger partial charge in [-0.1, -0.05) is 46.3 Å². The Labute approximate surface area is 329 Å². The molecule has 2 heterocycles. The summed E-state index contributed by atoms with van der Waals surface area (Å²) in [5, 5.41) is 23.8. The van der Waals surface area contributed by atoms with Gasteiger partial charge in [0, 0.05) is 44.0 Å². The van der Waals surface area contributed by atoms with Gasteiger partial charge in [-0.05, 0) is 140 Å². The van der Waals surface area contributed by atoms with E-state index >= 15 is 0 Å². The number of sulfone groups is 1. The number of carboxylic acid groups (broad SMARTS) is 1. The molecule has 0 bridgehead atoms. The maximum Gasteiger partial charge on any atom is 0.313 e. The van der Waals surface area contributed by atoms with E-state index < -0.39 is 21.2 Å². The summed E-state index contributed by atoms with van der Waals surface area (Å²) >= 11 is 0. The van der Waals surface area contributed by atoms with Crippen LogP contribution in [0.5, 0.6) is 5.88 Å². The first-order valence-corrected chi connectivity index (χ1v) is 23.3. The third-order valence-electron chi connectivity index (χ3n) is 17.2. The molecule has 300 valence electrons. The molecule has 10 heteroatoms. The molecule has 0 spiro atoms. The van der Waals surface area contributed by atoms with Crippen molar-refractivity contribution in [1.82, 2.24) is 15.2 Å². The van der Waals surface area contributed by atoms with Crippen LogP contribution in [0.1, 0.15) is 117 Å². The van der Waals surface area contributed by atoms with Crippen molar-refractivity contribution in [2.45, 2.75) is 117 Å². The summed E-state index contributed by atoms with van der Waals surface area (Å²) in [5.41, 5.74) is 3.07. The molecule has 2 N–H and O–H groups in total. The molecular formula is C45H64N4O5S. The fraction of sp³-hybridized carbons (Fsp3) is 0.756. The number of aromatic nitrogens is 1. The van der Waals surface area contributed by atoms with Gasteiger partial charge in [0.05, 0.1) is 23.1 Å². The maximum absolute atomic E-state index is 12.7. The minimum absolute atomic E-state index is 0.00796. The van der Waals surface area contributed by atoms with Crippen molar-refractivity contribution in [3.8, 4) is 11.9 Å². The van der Waals surface area contributed by atoms with E-state index in [1.807, 2.05) is 0 Å². The molecule has 9 nitrogen and oxygen atoms in total. The van der Waals surface area contributed by atoms with Crippen LogP contribution in [0.15, 0.2) is 41.6 Å². The largest absolute Gasteiger partial charge is 0.481 e. The number of nitrogens with zero attached hydrogens (tertiary/aromatic N) is 3. The summed E-state index contributed by atoms with van der Waals surface area (Å²) in [6, 6.07) is 5.28. The molecule has 9 atom stereocenters. The number of hydrogen-bond acceptors (Lipinski definition) is 8. The predicted molar refractivity (Wildman–Crippen MR) is 214 cm³/mol. The van der Waals surface area contributed by atoms with E-state index in [0.717, 1.165) is 43.7 Å². The van der Waals surface area contributed by atoms with Crippen LogP contribution in [0, 0.1) is 62.6 Å². The number of allylic oxidation sites excluding steroid dienone is 4. The van der Waals surface area contributed by atoms with Gasteiger partial charge in [0.2, 0.25) is 5.88 Å². The molecule has 0 amide bonds. The minimum atomic E-state index is -2.85. The van der Waals surface area contributed by atoms with Gasteiger partial charge in [0.1, 0.15) is 12.0 Å². The minimum Gasteiger partial charge on any atom is -0.481 e. The fourth-order valence-electron chi connectivity index (χ4n) is 14.4. The van der Waals surface area contributed by atoms with Crippen LogP contribution < -0.4 is 10.1 Å². The van der Waals surface area contributed by atoms with Gasteiger partial charge >= 0.3 is 5.97 Å². The number of carbonyl (C=O) groups is 1. The lowest BCUT2D eigenvalue weighted by molar-refractivity contribution is -0.175. The van der Waals surface area contributed by atoms with Crippen molar-refractivity contribution < 1.29 is 23.1 Å². The first kappa shape index (κ1) is 39.1. The molecule has 1 aromatic rings. The van der Waals surface area contributed by atoms with E-state index in [-0.39, 0.29) is 23.0 Å². The highest BCUT2D eigenvalue weighted by Crippen LogP contribution is 2.72. The van der Waals surface area contributed by atoms with E-state index in [9.17, 15) is 23.6 Å². The Morgan fingerprint density at radius 3 is 2.51 bits per heavy atom. The summed E-state index contributed by atoms with van der Waals surface area (Å²) in [6.07, 6.45) is 20.9. The second kappa shape index (κ2) is 14.3. The molecule has 8 unspecified atom stereocenters. The molecular weight excluding hydrogens is 709 g/mol. The Balaban J connectivity index is 0.952. The Morgan fingerprint density at radius 1 is 0.982 bits per heavy atom. The summed E-state index contributed by atoms with van der Waals surface area (Å²) in [6.45, 7) is 13.6. The quantitative estimate of drug-likeness (QED) is 0.261. The number of hydrogen-bond donors (Lipinski definition) is 2. The van der Waals surface area contributed by atoms with Gasteiger partial charge in [-0.2, -0.15) is 5.26 Å². The molecule has 0 aromatic carbocycles. The molecule has 1 aliphatic heterocycles. The van der Waals surface area contributed by atoms with E-state index in [1.54, 1.807) is 12.1 Å². The van der Waals surface area contributed by atoms with Crippen molar-refractivity contribution in [2.24, 2.45) is 51.2 Å². The highest BCUT2D eigenvalue weighted by atomic mass is 32.2. The third kappa shape index (κ3) is 6.70. The van der Waals surface area contributed by atoms with E-state index in [4.69, 9.17) is 4.74 Å². The molecule has 1 saturated heterocycles. The van der Waals surface area contributed by atoms with Crippen LogP contribution in [-0.4, -0.2) is 79.2 Å². The normalized spacial score (nSPS) is 40.6. The highest BCUT2D eigenvalue weighted by Gasteiger charge is 2.65. The SMILES string of the molecule is CC1(C)C(C2=CCC(COc3cc(C#N)ccn3)(C(=O)O)CC2)=CCC2(C)C1CCC1(C)C3CCC4(NCCN5CCS(=O)(=O)CC5)CCC[C@@H]4C3CCC12. The first-order valence-electron chi connectivity index (χ1n) is 21.5. The zero-order valence-electron chi connectivity index (χ0n) is 33.7. The predicted octanol–water partition coefficient (Wildman–Crippen LogP) is 7.59. The number of nitriles is 1. The van der Waals surface area contributed by atoms with Gasteiger partial charge in [0.25, 0.3) is 0 Å². The smallest absolute Gasteiger partial charge is 0.313 e. The van der Waals surface area contributed by atoms with Crippen LogP contribution in [0.2, 0.25) is 0 Å². The molecule has 7 aliphatic rings. The summed E-state index contributed by atoms with van der Waals surface area (Å²) in [4.78, 5) is 19.3. The second-order valence-electron chi connectivity index (χ2n) is 20.0. The Kier molecular flexibility index (Phi) is 10.1. The number of aliphatic carboxylic acids is 1. The van der Waals surface area contributed by atoms with Crippen molar-refractivity contribution in [2.75, 3.05) is 44.3 Å². The monoisotopic (exact) mass is 772 g/mol. The van der Waals surface area contributed by atoms with Crippen LogP contribution in [0.3, 0.4) is 0 Å². The Hall–Kier alpha value is -2.74. The van der Waals surface area contributed by atoms with Crippen LogP contribution in [0.25, 0.3) is 0 Å². The zero-order valence-corrected chi connectivity index (χ0v) is 34.6. The second-order valence-corrected chi connectivity index (χ2v) is 22.3. The van der Waals surface area contributed by atoms with Gasteiger partial charge < -0.3 is 20.1 Å². The molecule has 5 fully saturated rings. The topological polar surface area (TPSA) is 133 Å². The van der Waals surface area contributed by atoms with Gasteiger partial charge in [-0.25, -0.2) is 13.4 Å². The van der Waals surface area contributed by atoms with Crippen molar-refractivity contribution >= 4 is 15.8 Å². The lowest BCUT2D eigenvalue weighted by atomic mass is 9.37. The standard InChI is InChI=1S/C45H64N4O5S/c1-41(2)34(32-9-18-44(19-10-32,40(50)51)30-54-39-28-31(29-46)14-21-47-39)11-16-43(4)37(41)13-17-42(3)35-12-20-45(15-5-6-36(45)33(35)7-8-38(42)43)48-22-23-49-24-26-55(52,53)27-25-49/h9,11,14,21,28,33,35-38,48H,5-8,10,12-13,15-20,22-27,30H2,1-4H3,(H,50,51)/t33?,35?,36-,37?,38?,42?,43?,44?,45?/m1/s1. The van der Waals surface area contributed by atoms with Gasteiger partial charge in [0.15, 0.2) is 9.84 Å². The fourth-order valence-corrected chi connectivity index (χ4v) is 15.7. The van der Waals surface area contributed by atoms with Gasteiger partial charge in [-0.15, -0.1) is 0 Å². The number of pyridine rings is 1. The Morgan fingerprint density at radius 2 is 1.78 bits per heavy atom. The van der Waals surface area contributed by atoms with Crippen molar-refractivity contribution in [3.05, 3.63) is 47.2 Å². The van der Waals surface area contributed by atoms with Crippen LogP contribution in [-0.2, 0) is 14.6 Å². The third-order valence-corrected chi connectivity index (χ3v) is 18.8. The summed E-state index contributed by atoms with van der Waals surface area (Å²) in [5.74, 6) is 3.70. The number of fused-ring (bicyclic) bond motifs is 7. The molecule has 1 aromatic heterocycles. The molecule has 8 rings (SSSR count). The maximum atomic E-state index is 12.7. The lowest BCUT2D eigenvalue weighted by Gasteiger charge is -2.68. The number of rotatable bonds is 9. The lowest BCUT2D eigenvalue weighted by Crippen LogP contribution is -2.64. The summed E-state index contributed by atoms with van der Waals surface area (Å²) in [7, 11) is -2.85. The average Bonchev–Trinajstić information content (AvgIpc) is 3.59. The van der Waals surface area contributed by atoms with Crippen molar-refractivity contribution in [1.29, 1.82) is 5.26 Å². The number of ether oxygens (including phenoxy) is 1. The molecule has 6 aliphatic carbocycles. The van der Waals surface area contributed by atoms with Crippen LogP contribution in [0.4, 0.5) is 0 Å².